The molecular formula is C19H24N6O5S. The van der Waals surface area contributed by atoms with Crippen LogP contribution in [0.2, 0.25) is 0 Å². The number of benzene rings is 1. The lowest BCUT2D eigenvalue weighted by atomic mass is 10.0. The second-order valence-electron chi connectivity index (χ2n) is 7.44. The van der Waals surface area contributed by atoms with Gasteiger partial charge in [0.2, 0.25) is 21.7 Å². The van der Waals surface area contributed by atoms with Crippen LogP contribution in [0.15, 0.2) is 41.6 Å². The second kappa shape index (κ2) is 9.35. The predicted molar refractivity (Wildman–Crippen MR) is 109 cm³/mol. The van der Waals surface area contributed by atoms with Crippen LogP contribution in [0.1, 0.15) is 19.7 Å². The summed E-state index contributed by atoms with van der Waals surface area (Å²) in [4.78, 5) is 41.8. The topological polar surface area (TPSA) is 152 Å². The molecule has 1 aromatic carbocycles. The van der Waals surface area contributed by atoms with Crippen LogP contribution in [-0.4, -0.2) is 59.4 Å². The van der Waals surface area contributed by atoms with Crippen molar-refractivity contribution in [1.82, 2.24) is 30.1 Å². The van der Waals surface area contributed by atoms with Gasteiger partial charge in [0.25, 0.3) is 5.91 Å². The molecule has 3 rings (SSSR count). The quantitative estimate of drug-likeness (QED) is 0.480. The SMILES string of the molecule is CC(C)C(NS(=O)(=O)c1ccccc1)C(=O)NC1Cc2ncnn2CCNC(=O)C1=O. The highest BCUT2D eigenvalue weighted by molar-refractivity contribution is 7.89. The number of sulfonamides is 1. The molecular weight excluding hydrogens is 424 g/mol. The van der Waals surface area contributed by atoms with E-state index in [4.69, 9.17) is 0 Å². The van der Waals surface area contributed by atoms with E-state index < -0.39 is 45.6 Å². The number of amides is 2. The highest BCUT2D eigenvalue weighted by atomic mass is 32.2. The Morgan fingerprint density at radius 2 is 1.94 bits per heavy atom. The maximum absolute atomic E-state index is 13.0. The van der Waals surface area contributed by atoms with Crippen molar-refractivity contribution in [2.45, 2.75) is 43.8 Å². The number of hydrogen-bond donors (Lipinski definition) is 3. The fourth-order valence-electron chi connectivity index (χ4n) is 3.13. The summed E-state index contributed by atoms with van der Waals surface area (Å²) in [7, 11) is -3.97. The van der Waals surface area contributed by atoms with Crippen molar-refractivity contribution in [3.8, 4) is 0 Å². The van der Waals surface area contributed by atoms with E-state index in [0.717, 1.165) is 0 Å². The molecule has 2 atom stereocenters. The van der Waals surface area contributed by atoms with E-state index in [2.05, 4.69) is 25.4 Å². The number of Topliss-reactive ketones (excluding diaryl/α,β-unsaturated/α-hetero) is 1. The van der Waals surface area contributed by atoms with E-state index in [1.54, 1.807) is 32.0 Å². The average Bonchev–Trinajstić information content (AvgIpc) is 3.18. The van der Waals surface area contributed by atoms with E-state index in [0.29, 0.717) is 12.4 Å². The maximum atomic E-state index is 13.0. The monoisotopic (exact) mass is 448 g/mol. The van der Waals surface area contributed by atoms with Gasteiger partial charge < -0.3 is 10.6 Å². The summed E-state index contributed by atoms with van der Waals surface area (Å²) in [6, 6.07) is 5.28. The molecule has 12 heteroatoms. The number of fused-ring (bicyclic) bond motifs is 1. The number of rotatable bonds is 6. The van der Waals surface area contributed by atoms with Crippen molar-refractivity contribution in [2.75, 3.05) is 6.54 Å². The van der Waals surface area contributed by atoms with Crippen LogP contribution in [-0.2, 0) is 37.4 Å². The van der Waals surface area contributed by atoms with Crippen LogP contribution in [0.25, 0.3) is 0 Å². The number of carbonyl (C=O) groups is 3. The summed E-state index contributed by atoms with van der Waals surface area (Å²) in [5, 5.41) is 9.05. The van der Waals surface area contributed by atoms with E-state index in [-0.39, 0.29) is 17.9 Å². The minimum atomic E-state index is -3.97. The van der Waals surface area contributed by atoms with Crippen molar-refractivity contribution < 1.29 is 22.8 Å². The molecule has 0 radical (unpaired) electrons. The highest BCUT2D eigenvalue weighted by Gasteiger charge is 2.34. The van der Waals surface area contributed by atoms with Crippen LogP contribution in [0.3, 0.4) is 0 Å². The zero-order valence-corrected chi connectivity index (χ0v) is 17.9. The fraction of sp³-hybridized carbons (Fsp3) is 0.421. The Bertz CT molecular complexity index is 1070. The zero-order valence-electron chi connectivity index (χ0n) is 17.1. The minimum absolute atomic E-state index is 0.0134. The normalized spacial score (nSPS) is 18.4. The Morgan fingerprint density at radius 3 is 2.61 bits per heavy atom. The molecule has 3 N–H and O–H groups in total. The van der Waals surface area contributed by atoms with Crippen molar-refractivity contribution in [2.24, 2.45) is 5.92 Å². The Kier molecular flexibility index (Phi) is 6.81. The number of nitrogens with one attached hydrogen (secondary N) is 3. The van der Waals surface area contributed by atoms with Gasteiger partial charge in [0, 0.05) is 13.0 Å². The van der Waals surface area contributed by atoms with Crippen molar-refractivity contribution in [3.63, 3.8) is 0 Å². The van der Waals surface area contributed by atoms with Gasteiger partial charge in [-0.25, -0.2) is 18.1 Å². The molecule has 1 aliphatic heterocycles. The summed E-state index contributed by atoms with van der Waals surface area (Å²) >= 11 is 0. The number of hydrogen-bond acceptors (Lipinski definition) is 7. The third-order valence-electron chi connectivity index (χ3n) is 4.83. The largest absolute Gasteiger partial charge is 0.348 e. The van der Waals surface area contributed by atoms with Crippen LogP contribution in [0.4, 0.5) is 0 Å². The molecule has 2 heterocycles. The molecule has 2 unspecified atom stereocenters. The first-order valence-corrected chi connectivity index (χ1v) is 11.2. The molecule has 0 fully saturated rings. The molecule has 0 saturated carbocycles. The Balaban J connectivity index is 1.82. The lowest BCUT2D eigenvalue weighted by Crippen LogP contribution is -2.55. The molecule has 11 nitrogen and oxygen atoms in total. The molecule has 2 amide bonds. The standard InChI is InChI=1S/C19H24N6O5S/c1-12(2)16(24-31(29,30)13-6-4-3-5-7-13)18(27)23-14-10-15-21-11-22-25(15)9-8-20-19(28)17(14)26/h3-7,11-12,14,16,24H,8-10H2,1-2H3,(H,20,28)(H,23,27). The molecule has 31 heavy (non-hydrogen) atoms. The molecule has 1 aliphatic rings. The first-order chi connectivity index (χ1) is 14.7. The van der Waals surface area contributed by atoms with Gasteiger partial charge in [-0.05, 0) is 18.1 Å². The lowest BCUT2D eigenvalue weighted by Gasteiger charge is -2.24. The molecule has 0 bridgehead atoms. The summed E-state index contributed by atoms with van der Waals surface area (Å²) in [5.41, 5.74) is 0. The van der Waals surface area contributed by atoms with Gasteiger partial charge >= 0.3 is 0 Å². The minimum Gasteiger partial charge on any atom is -0.348 e. The summed E-state index contributed by atoms with van der Waals surface area (Å²) in [6.07, 6.45) is 1.28. The summed E-state index contributed by atoms with van der Waals surface area (Å²) in [6.45, 7) is 3.87. The predicted octanol–water partition coefficient (Wildman–Crippen LogP) is -0.993. The fourth-order valence-corrected chi connectivity index (χ4v) is 4.50. The summed E-state index contributed by atoms with van der Waals surface area (Å²) < 4.78 is 29.3. The van der Waals surface area contributed by atoms with Crippen molar-refractivity contribution >= 4 is 27.6 Å². The Labute approximate surface area is 179 Å². The van der Waals surface area contributed by atoms with Crippen LogP contribution >= 0.6 is 0 Å². The van der Waals surface area contributed by atoms with Gasteiger partial charge in [-0.1, -0.05) is 32.0 Å². The highest BCUT2D eigenvalue weighted by Crippen LogP contribution is 2.12. The number of ketones is 1. The zero-order chi connectivity index (χ0) is 22.6. The number of carbonyl (C=O) groups excluding carboxylic acids is 3. The Morgan fingerprint density at radius 1 is 1.23 bits per heavy atom. The van der Waals surface area contributed by atoms with Gasteiger partial charge in [-0.2, -0.15) is 9.82 Å². The van der Waals surface area contributed by atoms with Crippen LogP contribution < -0.4 is 15.4 Å². The van der Waals surface area contributed by atoms with E-state index in [9.17, 15) is 22.8 Å². The molecule has 2 aromatic rings. The second-order valence-corrected chi connectivity index (χ2v) is 9.15. The van der Waals surface area contributed by atoms with Gasteiger partial charge in [0.15, 0.2) is 0 Å². The lowest BCUT2D eigenvalue weighted by molar-refractivity contribution is -0.140. The van der Waals surface area contributed by atoms with Crippen LogP contribution in [0.5, 0.6) is 0 Å². The first kappa shape index (κ1) is 22.6. The average molecular weight is 449 g/mol. The molecule has 1 aromatic heterocycles. The molecule has 166 valence electrons. The van der Waals surface area contributed by atoms with Gasteiger partial charge in [0.05, 0.1) is 11.4 Å². The maximum Gasteiger partial charge on any atom is 0.289 e. The molecule has 0 saturated heterocycles. The van der Waals surface area contributed by atoms with E-state index >= 15 is 0 Å². The van der Waals surface area contributed by atoms with Crippen molar-refractivity contribution in [1.29, 1.82) is 0 Å². The number of nitrogens with zero attached hydrogens (tertiary/aromatic N) is 3. The summed E-state index contributed by atoms with van der Waals surface area (Å²) in [5.74, 6) is -2.38. The third kappa shape index (κ3) is 5.33. The van der Waals surface area contributed by atoms with Gasteiger partial charge in [-0.3, -0.25) is 14.4 Å². The van der Waals surface area contributed by atoms with Crippen molar-refractivity contribution in [3.05, 3.63) is 42.5 Å². The third-order valence-corrected chi connectivity index (χ3v) is 6.29. The van der Waals surface area contributed by atoms with Crippen LogP contribution in [0, 0.1) is 5.92 Å². The smallest absolute Gasteiger partial charge is 0.289 e. The van der Waals surface area contributed by atoms with Gasteiger partial charge in [0.1, 0.15) is 24.2 Å². The molecule has 0 spiro atoms. The first-order valence-electron chi connectivity index (χ1n) is 9.75. The Hall–Kier alpha value is -3.12. The number of aromatic nitrogens is 3. The molecule has 0 aliphatic carbocycles. The van der Waals surface area contributed by atoms with Gasteiger partial charge in [-0.15, -0.1) is 0 Å². The van der Waals surface area contributed by atoms with E-state index in [1.807, 2.05) is 0 Å². The van der Waals surface area contributed by atoms with E-state index in [1.165, 1.54) is 23.1 Å².